The molecule has 1 saturated heterocycles. The first kappa shape index (κ1) is 13.6. The molecule has 0 aliphatic carbocycles. The van der Waals surface area contributed by atoms with Crippen molar-refractivity contribution >= 4 is 17.5 Å². The highest BCUT2D eigenvalue weighted by atomic mass is 16.1. The fourth-order valence-corrected chi connectivity index (χ4v) is 2.43. The number of nitrogens with one attached hydrogen (secondary N) is 1. The van der Waals surface area contributed by atoms with Crippen LogP contribution >= 0.6 is 0 Å². The number of hydrogen-bond donors (Lipinski definition) is 2. The second-order valence-corrected chi connectivity index (χ2v) is 4.89. The summed E-state index contributed by atoms with van der Waals surface area (Å²) in [7, 11) is 0. The Hall–Kier alpha value is -1.85. The molecule has 1 amide bonds. The molecule has 2 heterocycles. The highest BCUT2D eigenvalue weighted by Crippen LogP contribution is 2.24. The summed E-state index contributed by atoms with van der Waals surface area (Å²) in [6, 6.07) is 0. The third-order valence-corrected chi connectivity index (χ3v) is 3.41. The first-order valence-corrected chi connectivity index (χ1v) is 6.78. The predicted molar refractivity (Wildman–Crippen MR) is 74.9 cm³/mol. The molecule has 1 aliphatic heterocycles. The zero-order valence-electron chi connectivity index (χ0n) is 11.3. The van der Waals surface area contributed by atoms with E-state index in [-0.39, 0.29) is 5.91 Å². The predicted octanol–water partition coefficient (Wildman–Crippen LogP) is 1.00. The highest BCUT2D eigenvalue weighted by Gasteiger charge is 2.21. The second-order valence-electron chi connectivity index (χ2n) is 4.89. The minimum Gasteiger partial charge on any atom is -0.370 e. The van der Waals surface area contributed by atoms with E-state index in [0.29, 0.717) is 12.3 Å². The molecule has 0 bridgehead atoms. The van der Waals surface area contributed by atoms with Gasteiger partial charge in [-0.3, -0.25) is 9.78 Å². The van der Waals surface area contributed by atoms with Crippen molar-refractivity contribution in [3.63, 3.8) is 0 Å². The van der Waals surface area contributed by atoms with Gasteiger partial charge in [-0.05, 0) is 25.7 Å². The lowest BCUT2D eigenvalue weighted by atomic mass is 9.93. The average Bonchev–Trinajstić information content (AvgIpc) is 2.40. The molecule has 0 unspecified atom stereocenters. The summed E-state index contributed by atoms with van der Waals surface area (Å²) >= 11 is 0. The molecule has 1 aromatic rings. The molecule has 6 nitrogen and oxygen atoms in total. The van der Waals surface area contributed by atoms with Gasteiger partial charge in [0.1, 0.15) is 11.6 Å². The van der Waals surface area contributed by atoms with E-state index in [4.69, 9.17) is 5.73 Å². The fourth-order valence-electron chi connectivity index (χ4n) is 2.43. The number of amides is 1. The van der Waals surface area contributed by atoms with Gasteiger partial charge in [0.05, 0.1) is 12.4 Å². The number of piperidine rings is 1. The van der Waals surface area contributed by atoms with Crippen molar-refractivity contribution in [3.05, 3.63) is 12.4 Å². The van der Waals surface area contributed by atoms with Crippen LogP contribution in [0.15, 0.2) is 12.4 Å². The van der Waals surface area contributed by atoms with Crippen LogP contribution in [0.25, 0.3) is 0 Å². The largest absolute Gasteiger partial charge is 0.370 e. The van der Waals surface area contributed by atoms with Gasteiger partial charge < -0.3 is 16.0 Å². The quantitative estimate of drug-likeness (QED) is 0.828. The Balaban J connectivity index is 1.93. The van der Waals surface area contributed by atoms with Crippen LogP contribution < -0.4 is 16.0 Å². The van der Waals surface area contributed by atoms with Crippen molar-refractivity contribution in [1.29, 1.82) is 0 Å². The number of carbonyl (C=O) groups excluding carboxylic acids is 1. The van der Waals surface area contributed by atoms with Crippen LogP contribution in [0.2, 0.25) is 0 Å². The van der Waals surface area contributed by atoms with Crippen molar-refractivity contribution in [1.82, 2.24) is 9.97 Å². The number of nitrogens with zero attached hydrogens (tertiary/aromatic N) is 3. The van der Waals surface area contributed by atoms with E-state index in [2.05, 4.69) is 20.2 Å². The number of hydrogen-bond acceptors (Lipinski definition) is 5. The van der Waals surface area contributed by atoms with Crippen molar-refractivity contribution in [2.45, 2.75) is 26.2 Å². The van der Waals surface area contributed by atoms with Crippen molar-refractivity contribution < 1.29 is 4.79 Å². The van der Waals surface area contributed by atoms with Gasteiger partial charge in [-0.1, -0.05) is 0 Å². The Morgan fingerprint density at radius 2 is 2.21 bits per heavy atom. The van der Waals surface area contributed by atoms with E-state index in [1.54, 1.807) is 12.4 Å². The zero-order chi connectivity index (χ0) is 13.7. The van der Waals surface area contributed by atoms with Gasteiger partial charge in [-0.15, -0.1) is 0 Å². The van der Waals surface area contributed by atoms with Crippen LogP contribution in [0.3, 0.4) is 0 Å². The summed E-state index contributed by atoms with van der Waals surface area (Å²) < 4.78 is 0. The third kappa shape index (κ3) is 3.81. The van der Waals surface area contributed by atoms with Gasteiger partial charge in [0.15, 0.2) is 0 Å². The van der Waals surface area contributed by atoms with Gasteiger partial charge in [-0.25, -0.2) is 4.98 Å². The molecule has 0 spiro atoms. The van der Waals surface area contributed by atoms with E-state index < -0.39 is 0 Å². The summed E-state index contributed by atoms with van der Waals surface area (Å²) in [6.07, 6.45) is 5.98. The summed E-state index contributed by atoms with van der Waals surface area (Å²) in [5.74, 6) is 1.92. The molecule has 104 valence electrons. The molecule has 0 radical (unpaired) electrons. The SMILES string of the molecule is CCNc1cncc(N2CCC(CC(N)=O)CC2)n1. The van der Waals surface area contributed by atoms with Crippen molar-refractivity contribution in [2.75, 3.05) is 29.9 Å². The van der Waals surface area contributed by atoms with Gasteiger partial charge >= 0.3 is 0 Å². The fraction of sp³-hybridized carbons (Fsp3) is 0.615. The summed E-state index contributed by atoms with van der Waals surface area (Å²) in [5.41, 5.74) is 5.24. The Morgan fingerprint density at radius 1 is 1.47 bits per heavy atom. The normalized spacial score (nSPS) is 16.4. The maximum Gasteiger partial charge on any atom is 0.217 e. The molecule has 3 N–H and O–H groups in total. The lowest BCUT2D eigenvalue weighted by molar-refractivity contribution is -0.119. The van der Waals surface area contributed by atoms with Crippen LogP contribution in [0.1, 0.15) is 26.2 Å². The number of carbonyl (C=O) groups is 1. The highest BCUT2D eigenvalue weighted by molar-refractivity contribution is 5.74. The first-order chi connectivity index (χ1) is 9.19. The lowest BCUT2D eigenvalue weighted by Crippen LogP contribution is -2.35. The molecular formula is C13H21N5O. The molecule has 1 aromatic heterocycles. The van der Waals surface area contributed by atoms with Gasteiger partial charge in [0.2, 0.25) is 5.91 Å². The summed E-state index contributed by atoms with van der Waals surface area (Å²) in [4.78, 5) is 21.9. The van der Waals surface area contributed by atoms with Gasteiger partial charge in [-0.2, -0.15) is 0 Å². The number of anilines is 2. The van der Waals surface area contributed by atoms with Crippen LogP contribution in [-0.2, 0) is 4.79 Å². The molecule has 6 heteroatoms. The minimum atomic E-state index is -0.201. The van der Waals surface area contributed by atoms with E-state index >= 15 is 0 Å². The molecule has 0 saturated carbocycles. The van der Waals surface area contributed by atoms with Crippen molar-refractivity contribution in [2.24, 2.45) is 11.7 Å². The van der Waals surface area contributed by atoms with Gasteiger partial charge in [0.25, 0.3) is 0 Å². The number of aromatic nitrogens is 2. The molecule has 19 heavy (non-hydrogen) atoms. The molecule has 0 atom stereocenters. The Morgan fingerprint density at radius 3 is 2.84 bits per heavy atom. The number of nitrogens with two attached hydrogens (primary N) is 1. The Bertz CT molecular complexity index is 429. The van der Waals surface area contributed by atoms with E-state index in [1.807, 2.05) is 6.92 Å². The molecular weight excluding hydrogens is 242 g/mol. The lowest BCUT2D eigenvalue weighted by Gasteiger charge is -2.32. The smallest absolute Gasteiger partial charge is 0.217 e. The van der Waals surface area contributed by atoms with Crippen molar-refractivity contribution in [3.8, 4) is 0 Å². The maximum absolute atomic E-state index is 10.9. The monoisotopic (exact) mass is 263 g/mol. The topological polar surface area (TPSA) is 84.1 Å². The average molecular weight is 263 g/mol. The van der Waals surface area contributed by atoms with E-state index in [9.17, 15) is 4.79 Å². The second kappa shape index (κ2) is 6.36. The number of primary amides is 1. The minimum absolute atomic E-state index is 0.201. The van der Waals surface area contributed by atoms with Crippen LogP contribution in [0.4, 0.5) is 11.6 Å². The van der Waals surface area contributed by atoms with Crippen LogP contribution in [0, 0.1) is 5.92 Å². The zero-order valence-corrected chi connectivity index (χ0v) is 11.3. The molecule has 1 aliphatic rings. The number of rotatable bonds is 5. The standard InChI is InChI=1S/C13H21N5O/c1-2-16-12-8-15-9-13(17-12)18-5-3-10(4-6-18)7-11(14)19/h8-10H,2-7H2,1H3,(H2,14,19)(H,16,17). The molecule has 0 aromatic carbocycles. The van der Waals surface area contributed by atoms with E-state index in [0.717, 1.165) is 44.1 Å². The van der Waals surface area contributed by atoms with Gasteiger partial charge in [0, 0.05) is 26.1 Å². The van der Waals surface area contributed by atoms with Crippen LogP contribution in [-0.4, -0.2) is 35.5 Å². The maximum atomic E-state index is 10.9. The Kier molecular flexibility index (Phi) is 4.54. The molecule has 1 fully saturated rings. The first-order valence-electron chi connectivity index (χ1n) is 6.78. The summed E-state index contributed by atoms with van der Waals surface area (Å²) in [5, 5.41) is 3.16. The van der Waals surface area contributed by atoms with Crippen LogP contribution in [0.5, 0.6) is 0 Å². The van der Waals surface area contributed by atoms with E-state index in [1.165, 1.54) is 0 Å². The molecule has 2 rings (SSSR count). The third-order valence-electron chi connectivity index (χ3n) is 3.41. The summed E-state index contributed by atoms with van der Waals surface area (Å²) in [6.45, 7) is 4.67. The Labute approximate surface area is 113 Å².